The Bertz CT molecular complexity index is 1110. The third-order valence-corrected chi connectivity index (χ3v) is 7.36. The van der Waals surface area contributed by atoms with Gasteiger partial charge in [0.05, 0.1) is 18.9 Å². The van der Waals surface area contributed by atoms with E-state index in [2.05, 4.69) is 31.7 Å². The summed E-state index contributed by atoms with van der Waals surface area (Å²) < 4.78 is 4.71. The van der Waals surface area contributed by atoms with Crippen LogP contribution in [0.4, 0.5) is 11.6 Å². The second-order valence-corrected chi connectivity index (χ2v) is 9.82. The minimum atomic E-state index is -0.565. The highest BCUT2D eigenvalue weighted by atomic mass is 35.5. The SMILES string of the molecule is CCC[C@H]1CN(c2ncc(C(=O)OC)nc2Cl)CCN1C1CCN(C(=O)c2ccc(Cl)nc2N)CC1. The van der Waals surface area contributed by atoms with E-state index in [1.165, 1.54) is 13.3 Å². The third-order valence-electron chi connectivity index (χ3n) is 6.90. The van der Waals surface area contributed by atoms with Gasteiger partial charge in [0.1, 0.15) is 11.0 Å². The average molecular weight is 536 g/mol. The topological polar surface area (TPSA) is 118 Å². The van der Waals surface area contributed by atoms with Gasteiger partial charge in [-0.25, -0.2) is 19.7 Å². The molecule has 4 heterocycles. The van der Waals surface area contributed by atoms with Crippen molar-refractivity contribution >= 4 is 46.7 Å². The molecule has 12 heteroatoms. The monoisotopic (exact) mass is 535 g/mol. The van der Waals surface area contributed by atoms with Crippen LogP contribution in [0.3, 0.4) is 0 Å². The molecule has 2 saturated heterocycles. The number of nitrogen functional groups attached to an aromatic ring is 1. The molecule has 0 aliphatic carbocycles. The third kappa shape index (κ3) is 5.66. The Morgan fingerprint density at radius 2 is 1.89 bits per heavy atom. The first-order valence-corrected chi connectivity index (χ1v) is 12.9. The first-order valence-electron chi connectivity index (χ1n) is 12.1. The summed E-state index contributed by atoms with van der Waals surface area (Å²) in [6, 6.07) is 3.94. The number of esters is 1. The molecule has 1 amide bonds. The highest BCUT2D eigenvalue weighted by molar-refractivity contribution is 6.31. The molecule has 4 rings (SSSR count). The van der Waals surface area contributed by atoms with Crippen molar-refractivity contribution < 1.29 is 14.3 Å². The molecule has 1 atom stereocenters. The molecule has 0 saturated carbocycles. The number of likely N-dealkylation sites (tertiary alicyclic amines) is 1. The highest BCUT2D eigenvalue weighted by Gasteiger charge is 2.35. The van der Waals surface area contributed by atoms with E-state index < -0.39 is 5.97 Å². The first-order chi connectivity index (χ1) is 17.3. The van der Waals surface area contributed by atoms with Crippen LogP contribution in [0.1, 0.15) is 53.5 Å². The van der Waals surface area contributed by atoms with E-state index in [9.17, 15) is 9.59 Å². The number of piperazine rings is 1. The molecule has 194 valence electrons. The number of anilines is 2. The van der Waals surface area contributed by atoms with Crippen molar-refractivity contribution in [3.63, 3.8) is 0 Å². The molecule has 0 spiro atoms. The van der Waals surface area contributed by atoms with E-state index >= 15 is 0 Å². The number of rotatable bonds is 6. The molecule has 0 radical (unpaired) electrons. The molecule has 2 aliphatic rings. The average Bonchev–Trinajstić information content (AvgIpc) is 2.88. The van der Waals surface area contributed by atoms with Gasteiger partial charge in [-0.3, -0.25) is 9.69 Å². The molecule has 2 aromatic heterocycles. The van der Waals surface area contributed by atoms with Crippen molar-refractivity contribution in [3.05, 3.63) is 39.9 Å². The van der Waals surface area contributed by atoms with E-state index in [4.69, 9.17) is 33.7 Å². The van der Waals surface area contributed by atoms with Gasteiger partial charge in [-0.2, -0.15) is 0 Å². The van der Waals surface area contributed by atoms with Crippen molar-refractivity contribution in [1.29, 1.82) is 0 Å². The fourth-order valence-corrected chi connectivity index (χ4v) is 5.52. The van der Waals surface area contributed by atoms with Gasteiger partial charge in [0.25, 0.3) is 5.91 Å². The van der Waals surface area contributed by atoms with Crippen LogP contribution in [-0.2, 0) is 4.74 Å². The number of piperidine rings is 1. The Morgan fingerprint density at radius 1 is 1.14 bits per heavy atom. The van der Waals surface area contributed by atoms with Crippen LogP contribution in [0, 0.1) is 0 Å². The number of aromatic nitrogens is 3. The van der Waals surface area contributed by atoms with Gasteiger partial charge in [0.15, 0.2) is 16.7 Å². The fourth-order valence-electron chi connectivity index (χ4n) is 5.11. The summed E-state index contributed by atoms with van der Waals surface area (Å²) in [7, 11) is 1.30. The molecule has 0 bridgehead atoms. The molecule has 2 N–H and O–H groups in total. The van der Waals surface area contributed by atoms with Crippen molar-refractivity contribution in [2.75, 3.05) is 50.5 Å². The zero-order chi connectivity index (χ0) is 25.8. The van der Waals surface area contributed by atoms with E-state index in [0.717, 1.165) is 45.3 Å². The Kier molecular flexibility index (Phi) is 8.48. The number of nitrogens with zero attached hydrogens (tertiary/aromatic N) is 6. The maximum absolute atomic E-state index is 13.0. The van der Waals surface area contributed by atoms with Gasteiger partial charge in [0, 0.05) is 44.8 Å². The maximum Gasteiger partial charge on any atom is 0.358 e. The number of hydrogen-bond donors (Lipinski definition) is 1. The molecule has 2 aliphatic heterocycles. The number of methoxy groups -OCH3 is 1. The summed E-state index contributed by atoms with van der Waals surface area (Å²) in [6.07, 6.45) is 5.27. The molecule has 36 heavy (non-hydrogen) atoms. The van der Waals surface area contributed by atoms with Crippen LogP contribution >= 0.6 is 23.2 Å². The largest absolute Gasteiger partial charge is 0.464 e. The predicted octanol–water partition coefficient (Wildman–Crippen LogP) is 3.14. The normalized spacial score (nSPS) is 19.4. The lowest BCUT2D eigenvalue weighted by Crippen LogP contribution is -2.59. The summed E-state index contributed by atoms with van der Waals surface area (Å²) in [4.78, 5) is 43.9. The number of carbonyl (C=O) groups excluding carboxylic acids is 2. The van der Waals surface area contributed by atoms with Crippen molar-refractivity contribution in [2.24, 2.45) is 0 Å². The lowest BCUT2D eigenvalue weighted by atomic mass is 9.97. The minimum absolute atomic E-state index is 0.0902. The summed E-state index contributed by atoms with van der Waals surface area (Å²) in [5, 5.41) is 0.472. The van der Waals surface area contributed by atoms with Crippen LogP contribution in [0.5, 0.6) is 0 Å². The summed E-state index contributed by atoms with van der Waals surface area (Å²) >= 11 is 12.3. The van der Waals surface area contributed by atoms with E-state index in [0.29, 0.717) is 36.6 Å². The van der Waals surface area contributed by atoms with E-state index in [1.807, 2.05) is 4.90 Å². The number of pyridine rings is 1. The Hall–Kier alpha value is -2.69. The minimum Gasteiger partial charge on any atom is -0.464 e. The second kappa shape index (κ2) is 11.6. The molecular weight excluding hydrogens is 505 g/mol. The number of ether oxygens (including phenoxy) is 1. The van der Waals surface area contributed by atoms with Crippen molar-refractivity contribution in [2.45, 2.75) is 44.7 Å². The Labute approximate surface area is 220 Å². The van der Waals surface area contributed by atoms with Crippen LogP contribution in [-0.4, -0.2) is 88.5 Å². The Morgan fingerprint density at radius 3 is 2.53 bits per heavy atom. The zero-order valence-electron chi connectivity index (χ0n) is 20.5. The van der Waals surface area contributed by atoms with Crippen LogP contribution in [0.15, 0.2) is 18.3 Å². The lowest BCUT2D eigenvalue weighted by molar-refractivity contribution is 0.0480. The maximum atomic E-state index is 13.0. The van der Waals surface area contributed by atoms with Crippen LogP contribution < -0.4 is 10.6 Å². The van der Waals surface area contributed by atoms with Crippen molar-refractivity contribution in [1.82, 2.24) is 24.8 Å². The number of nitrogens with two attached hydrogens (primary N) is 1. The summed E-state index contributed by atoms with van der Waals surface area (Å²) in [5.41, 5.74) is 6.41. The number of carbonyl (C=O) groups is 2. The van der Waals surface area contributed by atoms with Gasteiger partial charge < -0.3 is 20.3 Å². The zero-order valence-corrected chi connectivity index (χ0v) is 22.0. The number of amides is 1. The quantitative estimate of drug-likeness (QED) is 0.439. The van der Waals surface area contributed by atoms with Crippen LogP contribution in [0.2, 0.25) is 10.3 Å². The number of halogens is 2. The van der Waals surface area contributed by atoms with Gasteiger partial charge in [-0.15, -0.1) is 0 Å². The van der Waals surface area contributed by atoms with Crippen LogP contribution in [0.25, 0.3) is 0 Å². The molecule has 2 aromatic rings. The molecule has 10 nitrogen and oxygen atoms in total. The Balaban J connectivity index is 1.40. The second-order valence-electron chi connectivity index (χ2n) is 9.08. The molecule has 0 aromatic carbocycles. The molecular formula is C24H31Cl2N7O3. The van der Waals surface area contributed by atoms with Gasteiger partial charge in [-0.05, 0) is 31.4 Å². The highest BCUT2D eigenvalue weighted by Crippen LogP contribution is 2.29. The summed E-state index contributed by atoms with van der Waals surface area (Å²) in [5.74, 6) is 0.0768. The number of hydrogen-bond acceptors (Lipinski definition) is 9. The first kappa shape index (κ1) is 26.4. The fraction of sp³-hybridized carbons (Fsp3) is 0.542. The molecule has 0 unspecified atom stereocenters. The smallest absolute Gasteiger partial charge is 0.358 e. The van der Waals surface area contributed by atoms with Gasteiger partial charge in [0.2, 0.25) is 0 Å². The summed E-state index contributed by atoms with van der Waals surface area (Å²) in [6.45, 7) is 5.88. The standard InChI is InChI=1S/C24H31Cl2N7O3/c1-3-4-16-14-32(22-20(26)29-18(13-28-22)24(35)36-2)11-12-33(16)15-7-9-31(10-8-15)23(34)17-5-6-19(25)30-21(17)27/h5-6,13,15-16H,3-4,7-12,14H2,1-2H3,(H2,27,30)/t16-/m0/s1. The van der Waals surface area contributed by atoms with Crippen molar-refractivity contribution in [3.8, 4) is 0 Å². The van der Waals surface area contributed by atoms with E-state index in [-0.39, 0.29) is 27.7 Å². The molecule has 2 fully saturated rings. The van der Waals surface area contributed by atoms with E-state index in [1.54, 1.807) is 12.1 Å². The predicted molar refractivity (Wildman–Crippen MR) is 139 cm³/mol. The van der Waals surface area contributed by atoms with Gasteiger partial charge in [-0.1, -0.05) is 36.5 Å². The van der Waals surface area contributed by atoms with Gasteiger partial charge >= 0.3 is 5.97 Å². The lowest BCUT2D eigenvalue weighted by Gasteiger charge is -2.48.